The minimum atomic E-state index is 0.264. The zero-order valence-electron chi connectivity index (χ0n) is 8.49. The normalized spacial score (nSPS) is 10.1. The summed E-state index contributed by atoms with van der Waals surface area (Å²) in [6.07, 6.45) is 5.89. The molecule has 0 bridgehead atoms. The first kappa shape index (κ1) is 9.60. The van der Waals surface area contributed by atoms with Crippen LogP contribution >= 0.6 is 0 Å². The zero-order chi connectivity index (χ0) is 10.7. The van der Waals surface area contributed by atoms with E-state index >= 15 is 0 Å². The van der Waals surface area contributed by atoms with Gasteiger partial charge in [-0.2, -0.15) is 0 Å². The summed E-state index contributed by atoms with van der Waals surface area (Å²) in [7, 11) is 0. The van der Waals surface area contributed by atoms with Crippen LogP contribution in [0.25, 0.3) is 11.1 Å². The number of ether oxygens (including phenoxy) is 1. The summed E-state index contributed by atoms with van der Waals surface area (Å²) >= 11 is 0. The lowest BCUT2D eigenvalue weighted by molar-refractivity contribution is 0.370. The average molecular weight is 201 g/mol. The lowest BCUT2D eigenvalue weighted by Crippen LogP contribution is -1.92. The third-order valence-electron chi connectivity index (χ3n) is 2.03. The van der Waals surface area contributed by atoms with Crippen molar-refractivity contribution in [2.75, 3.05) is 6.61 Å². The number of benzene rings is 1. The summed E-state index contributed by atoms with van der Waals surface area (Å²) < 4.78 is 10.8. The quantitative estimate of drug-likeness (QED) is 0.715. The molecule has 0 aliphatic rings. The fourth-order valence-electron chi connectivity index (χ4n) is 1.32. The predicted molar refractivity (Wildman–Crippen MR) is 57.7 cm³/mol. The van der Waals surface area contributed by atoms with Crippen LogP contribution in [0.4, 0.5) is 0 Å². The lowest BCUT2D eigenvalue weighted by Gasteiger charge is -1.99. The molecule has 3 heteroatoms. The van der Waals surface area contributed by atoms with Gasteiger partial charge in [-0.05, 0) is 12.1 Å². The van der Waals surface area contributed by atoms with Gasteiger partial charge in [0.15, 0.2) is 11.5 Å². The number of aryl methyl sites for hydroxylation is 1. The Morgan fingerprint density at radius 3 is 3.13 bits per heavy atom. The SMILES string of the molecule is C#CCOc1ccc2nc(CC)oc2c1. The summed E-state index contributed by atoms with van der Waals surface area (Å²) in [5, 5.41) is 0. The molecule has 0 radical (unpaired) electrons. The Kier molecular flexibility index (Phi) is 2.59. The van der Waals surface area contributed by atoms with Crippen LogP contribution < -0.4 is 4.74 Å². The van der Waals surface area contributed by atoms with Gasteiger partial charge in [0.1, 0.15) is 17.9 Å². The molecule has 2 rings (SSSR count). The fourth-order valence-corrected chi connectivity index (χ4v) is 1.32. The molecule has 0 aliphatic carbocycles. The molecule has 2 aromatic rings. The van der Waals surface area contributed by atoms with Crippen LogP contribution in [0.2, 0.25) is 0 Å². The van der Waals surface area contributed by atoms with Gasteiger partial charge in [-0.15, -0.1) is 6.42 Å². The molecule has 0 amide bonds. The number of hydrogen-bond donors (Lipinski definition) is 0. The second-order valence-corrected chi connectivity index (χ2v) is 3.08. The molecular weight excluding hydrogens is 190 g/mol. The first-order valence-electron chi connectivity index (χ1n) is 4.79. The van der Waals surface area contributed by atoms with Crippen molar-refractivity contribution >= 4 is 11.1 Å². The Hall–Kier alpha value is -1.95. The van der Waals surface area contributed by atoms with E-state index in [-0.39, 0.29) is 6.61 Å². The van der Waals surface area contributed by atoms with Crippen molar-refractivity contribution in [3.05, 3.63) is 24.1 Å². The van der Waals surface area contributed by atoms with Crippen LogP contribution in [-0.4, -0.2) is 11.6 Å². The highest BCUT2D eigenvalue weighted by atomic mass is 16.5. The van der Waals surface area contributed by atoms with Gasteiger partial charge in [0.2, 0.25) is 0 Å². The largest absolute Gasteiger partial charge is 0.481 e. The Labute approximate surface area is 88.1 Å². The van der Waals surface area contributed by atoms with E-state index < -0.39 is 0 Å². The minimum absolute atomic E-state index is 0.264. The summed E-state index contributed by atoms with van der Waals surface area (Å²) in [6.45, 7) is 2.26. The number of hydrogen-bond acceptors (Lipinski definition) is 3. The van der Waals surface area contributed by atoms with Crippen LogP contribution in [-0.2, 0) is 6.42 Å². The van der Waals surface area contributed by atoms with Gasteiger partial charge in [-0.25, -0.2) is 4.98 Å². The maximum absolute atomic E-state index is 5.50. The molecule has 1 aromatic heterocycles. The van der Waals surface area contributed by atoms with Gasteiger partial charge in [-0.3, -0.25) is 0 Å². The number of aromatic nitrogens is 1. The van der Waals surface area contributed by atoms with Crippen molar-refractivity contribution in [1.82, 2.24) is 4.98 Å². The molecule has 0 saturated heterocycles. The molecule has 0 spiro atoms. The van der Waals surface area contributed by atoms with E-state index in [1.54, 1.807) is 6.07 Å². The highest BCUT2D eigenvalue weighted by Crippen LogP contribution is 2.21. The molecule has 0 unspecified atom stereocenters. The number of fused-ring (bicyclic) bond motifs is 1. The van der Waals surface area contributed by atoms with E-state index in [4.69, 9.17) is 15.6 Å². The molecule has 3 nitrogen and oxygen atoms in total. The molecular formula is C12H11NO2. The van der Waals surface area contributed by atoms with Crippen LogP contribution in [0.15, 0.2) is 22.6 Å². The maximum Gasteiger partial charge on any atom is 0.195 e. The van der Waals surface area contributed by atoms with Crippen LogP contribution in [0, 0.1) is 12.3 Å². The molecule has 1 aromatic carbocycles. The highest BCUT2D eigenvalue weighted by molar-refractivity contribution is 5.74. The molecule has 0 N–H and O–H groups in total. The van der Waals surface area contributed by atoms with Gasteiger partial charge in [-0.1, -0.05) is 12.8 Å². The van der Waals surface area contributed by atoms with Crippen molar-refractivity contribution in [2.45, 2.75) is 13.3 Å². The smallest absolute Gasteiger partial charge is 0.195 e. The number of terminal acetylenes is 1. The van der Waals surface area contributed by atoms with Gasteiger partial charge in [0.25, 0.3) is 0 Å². The van der Waals surface area contributed by atoms with E-state index in [9.17, 15) is 0 Å². The molecule has 0 atom stereocenters. The molecule has 0 aliphatic heterocycles. The van der Waals surface area contributed by atoms with Crippen LogP contribution in [0.3, 0.4) is 0 Å². The van der Waals surface area contributed by atoms with Crippen LogP contribution in [0.5, 0.6) is 5.75 Å². The standard InChI is InChI=1S/C12H11NO2/c1-3-7-14-9-5-6-10-11(8-9)15-12(4-2)13-10/h1,5-6,8H,4,7H2,2H3. The van der Waals surface area contributed by atoms with Gasteiger partial charge >= 0.3 is 0 Å². The van der Waals surface area contributed by atoms with Gasteiger partial charge in [0, 0.05) is 12.5 Å². The molecule has 76 valence electrons. The summed E-state index contributed by atoms with van der Waals surface area (Å²) in [6, 6.07) is 5.50. The lowest BCUT2D eigenvalue weighted by atomic mass is 10.3. The summed E-state index contributed by atoms with van der Waals surface area (Å²) in [5.74, 6) is 3.86. The Morgan fingerprint density at radius 1 is 1.53 bits per heavy atom. The maximum atomic E-state index is 5.50. The van der Waals surface area contributed by atoms with E-state index in [0.29, 0.717) is 5.75 Å². The molecule has 0 saturated carbocycles. The van der Waals surface area contributed by atoms with Crippen molar-refractivity contribution in [3.8, 4) is 18.1 Å². The molecule has 0 fully saturated rings. The van der Waals surface area contributed by atoms with Crippen molar-refractivity contribution < 1.29 is 9.15 Å². The summed E-state index contributed by atoms with van der Waals surface area (Å²) in [5.41, 5.74) is 1.58. The van der Waals surface area contributed by atoms with Crippen molar-refractivity contribution in [1.29, 1.82) is 0 Å². The zero-order valence-corrected chi connectivity index (χ0v) is 8.49. The van der Waals surface area contributed by atoms with Gasteiger partial charge in [0.05, 0.1) is 0 Å². The first-order chi connectivity index (χ1) is 7.33. The molecule has 1 heterocycles. The predicted octanol–water partition coefficient (Wildman–Crippen LogP) is 2.40. The van der Waals surface area contributed by atoms with Crippen LogP contribution in [0.1, 0.15) is 12.8 Å². The Morgan fingerprint density at radius 2 is 2.40 bits per heavy atom. The summed E-state index contributed by atoms with van der Waals surface area (Å²) in [4.78, 5) is 4.29. The highest BCUT2D eigenvalue weighted by Gasteiger charge is 2.04. The Bertz CT molecular complexity index is 508. The van der Waals surface area contributed by atoms with Gasteiger partial charge < -0.3 is 9.15 Å². The van der Waals surface area contributed by atoms with E-state index in [2.05, 4.69) is 10.9 Å². The minimum Gasteiger partial charge on any atom is -0.481 e. The number of oxazole rings is 1. The number of nitrogens with zero attached hydrogens (tertiary/aromatic N) is 1. The second kappa shape index (κ2) is 4.05. The number of rotatable bonds is 3. The first-order valence-corrected chi connectivity index (χ1v) is 4.79. The third-order valence-corrected chi connectivity index (χ3v) is 2.03. The van der Waals surface area contributed by atoms with E-state index in [1.165, 1.54) is 0 Å². The third kappa shape index (κ3) is 1.94. The Balaban J connectivity index is 2.34. The molecule has 15 heavy (non-hydrogen) atoms. The van der Waals surface area contributed by atoms with Crippen molar-refractivity contribution in [3.63, 3.8) is 0 Å². The topological polar surface area (TPSA) is 35.3 Å². The monoisotopic (exact) mass is 201 g/mol. The average Bonchev–Trinajstić information content (AvgIpc) is 2.68. The second-order valence-electron chi connectivity index (χ2n) is 3.08. The fraction of sp³-hybridized carbons (Fsp3) is 0.250. The van der Waals surface area contributed by atoms with E-state index in [0.717, 1.165) is 23.4 Å². The van der Waals surface area contributed by atoms with E-state index in [1.807, 2.05) is 19.1 Å². The van der Waals surface area contributed by atoms with Crippen molar-refractivity contribution in [2.24, 2.45) is 0 Å².